The number of ether oxygens (including phenoxy) is 2. The zero-order chi connectivity index (χ0) is 24.4. The SMILES string of the molecule is COc1ccc(CN2CCC(n3ncc4c(Oc5ccc(S(C)(=O)=O)cc5)ncnc43)CC2)cc1. The molecule has 0 atom stereocenters. The first-order valence-corrected chi connectivity index (χ1v) is 13.3. The number of nitrogens with zero attached hydrogens (tertiary/aromatic N) is 5. The van der Waals surface area contributed by atoms with Gasteiger partial charge in [-0.05, 0) is 54.8 Å². The summed E-state index contributed by atoms with van der Waals surface area (Å²) in [5.41, 5.74) is 2.00. The van der Waals surface area contributed by atoms with Crippen molar-refractivity contribution in [1.82, 2.24) is 24.6 Å². The molecule has 0 unspecified atom stereocenters. The molecule has 0 radical (unpaired) electrons. The minimum absolute atomic E-state index is 0.240. The van der Waals surface area contributed by atoms with Crippen molar-refractivity contribution in [3.8, 4) is 17.4 Å². The van der Waals surface area contributed by atoms with E-state index in [1.54, 1.807) is 25.4 Å². The molecule has 1 aliphatic rings. The third kappa shape index (κ3) is 5.13. The van der Waals surface area contributed by atoms with Crippen molar-refractivity contribution < 1.29 is 17.9 Å². The lowest BCUT2D eigenvalue weighted by Gasteiger charge is -2.32. The van der Waals surface area contributed by atoms with Gasteiger partial charge < -0.3 is 9.47 Å². The molecule has 0 amide bonds. The second-order valence-electron chi connectivity index (χ2n) is 8.71. The van der Waals surface area contributed by atoms with Crippen LogP contribution in [0.2, 0.25) is 0 Å². The van der Waals surface area contributed by atoms with Crippen molar-refractivity contribution in [1.29, 1.82) is 0 Å². The van der Waals surface area contributed by atoms with Crippen LogP contribution in [0.5, 0.6) is 17.4 Å². The summed E-state index contributed by atoms with van der Waals surface area (Å²) in [6.07, 6.45) is 6.33. The highest BCUT2D eigenvalue weighted by molar-refractivity contribution is 7.90. The van der Waals surface area contributed by atoms with E-state index in [1.165, 1.54) is 30.3 Å². The van der Waals surface area contributed by atoms with Gasteiger partial charge in [-0.25, -0.2) is 23.1 Å². The van der Waals surface area contributed by atoms with Gasteiger partial charge in [0.2, 0.25) is 5.88 Å². The van der Waals surface area contributed by atoms with E-state index in [1.807, 2.05) is 16.8 Å². The average molecular weight is 494 g/mol. The molecule has 5 rings (SSSR count). The maximum absolute atomic E-state index is 11.7. The van der Waals surface area contributed by atoms with Crippen LogP contribution in [0, 0.1) is 0 Å². The van der Waals surface area contributed by atoms with Crippen molar-refractivity contribution in [2.24, 2.45) is 0 Å². The zero-order valence-electron chi connectivity index (χ0n) is 19.7. The Balaban J connectivity index is 1.27. The number of benzene rings is 2. The lowest BCUT2D eigenvalue weighted by atomic mass is 10.0. The van der Waals surface area contributed by atoms with Crippen LogP contribution in [0.4, 0.5) is 0 Å². The van der Waals surface area contributed by atoms with E-state index in [-0.39, 0.29) is 10.9 Å². The highest BCUT2D eigenvalue weighted by Gasteiger charge is 2.24. The molecule has 4 aromatic rings. The van der Waals surface area contributed by atoms with Gasteiger partial charge in [-0.1, -0.05) is 12.1 Å². The topological polar surface area (TPSA) is 99.4 Å². The minimum Gasteiger partial charge on any atom is -0.497 e. The summed E-state index contributed by atoms with van der Waals surface area (Å²) in [4.78, 5) is 11.4. The first-order chi connectivity index (χ1) is 16.9. The van der Waals surface area contributed by atoms with Gasteiger partial charge in [-0.15, -0.1) is 0 Å². The van der Waals surface area contributed by atoms with Crippen molar-refractivity contribution in [3.63, 3.8) is 0 Å². The molecule has 182 valence electrons. The summed E-state index contributed by atoms with van der Waals surface area (Å²) in [6.45, 7) is 2.85. The molecule has 1 aliphatic heterocycles. The van der Waals surface area contributed by atoms with Crippen LogP contribution < -0.4 is 9.47 Å². The standard InChI is InChI=1S/C25H27N5O4S/c1-33-20-5-3-18(4-6-20)16-29-13-11-19(12-14-29)30-24-23(15-28-30)25(27-17-26-24)34-21-7-9-22(10-8-21)35(2,31)32/h3-10,15,17,19H,11-14,16H2,1-2H3. The predicted molar refractivity (Wildman–Crippen MR) is 131 cm³/mol. The van der Waals surface area contributed by atoms with Gasteiger partial charge in [0.25, 0.3) is 0 Å². The molecule has 3 heterocycles. The minimum atomic E-state index is -3.26. The summed E-state index contributed by atoms with van der Waals surface area (Å²) in [5, 5.41) is 5.34. The smallest absolute Gasteiger partial charge is 0.233 e. The molecular formula is C25H27N5O4S. The lowest BCUT2D eigenvalue weighted by molar-refractivity contribution is 0.175. The fraction of sp³-hybridized carbons (Fsp3) is 0.320. The first-order valence-electron chi connectivity index (χ1n) is 11.4. The summed E-state index contributed by atoms with van der Waals surface area (Å²) < 4.78 is 36.5. The van der Waals surface area contributed by atoms with E-state index in [9.17, 15) is 8.42 Å². The monoisotopic (exact) mass is 493 g/mol. The molecular weight excluding hydrogens is 466 g/mol. The summed E-state index contributed by atoms with van der Waals surface area (Å²) >= 11 is 0. The Kier molecular flexibility index (Phi) is 6.40. The van der Waals surface area contributed by atoms with Crippen LogP contribution in [0.25, 0.3) is 11.0 Å². The van der Waals surface area contributed by atoms with Crippen molar-refractivity contribution in [2.75, 3.05) is 26.5 Å². The fourth-order valence-electron chi connectivity index (χ4n) is 4.37. The van der Waals surface area contributed by atoms with Gasteiger partial charge in [-0.2, -0.15) is 5.10 Å². The molecule has 0 saturated carbocycles. The lowest BCUT2D eigenvalue weighted by Crippen LogP contribution is -2.34. The number of piperidine rings is 1. The van der Waals surface area contributed by atoms with Crippen LogP contribution >= 0.6 is 0 Å². The second kappa shape index (κ2) is 9.63. The van der Waals surface area contributed by atoms with Crippen molar-refractivity contribution in [3.05, 3.63) is 66.6 Å². The van der Waals surface area contributed by atoms with E-state index in [0.717, 1.165) is 49.3 Å². The van der Waals surface area contributed by atoms with Crippen LogP contribution in [0.15, 0.2) is 66.0 Å². The largest absolute Gasteiger partial charge is 0.497 e. The number of hydrogen-bond donors (Lipinski definition) is 0. The summed E-state index contributed by atoms with van der Waals surface area (Å²) in [6, 6.07) is 14.7. The number of rotatable bonds is 7. The number of methoxy groups -OCH3 is 1. The first kappa shape index (κ1) is 23.3. The van der Waals surface area contributed by atoms with Gasteiger partial charge in [0.1, 0.15) is 23.2 Å². The third-order valence-electron chi connectivity index (χ3n) is 6.29. The number of aromatic nitrogens is 4. The van der Waals surface area contributed by atoms with Crippen LogP contribution in [-0.4, -0.2) is 59.5 Å². The number of hydrogen-bond acceptors (Lipinski definition) is 8. The number of fused-ring (bicyclic) bond motifs is 1. The Hall–Kier alpha value is -3.50. The van der Waals surface area contributed by atoms with Gasteiger partial charge in [-0.3, -0.25) is 4.90 Å². The molecule has 1 saturated heterocycles. The number of sulfone groups is 1. The predicted octanol–water partition coefficient (Wildman–Crippen LogP) is 3.87. The van der Waals surface area contributed by atoms with Crippen molar-refractivity contribution in [2.45, 2.75) is 30.3 Å². The Bertz CT molecular complexity index is 1410. The Morgan fingerprint density at radius 2 is 1.66 bits per heavy atom. The normalized spacial score (nSPS) is 15.4. The highest BCUT2D eigenvalue weighted by Crippen LogP contribution is 2.31. The molecule has 2 aromatic carbocycles. The van der Waals surface area contributed by atoms with Gasteiger partial charge in [0.15, 0.2) is 15.5 Å². The fourth-order valence-corrected chi connectivity index (χ4v) is 5.00. The average Bonchev–Trinajstić information content (AvgIpc) is 3.30. The molecule has 1 fully saturated rings. The molecule has 35 heavy (non-hydrogen) atoms. The van der Waals surface area contributed by atoms with E-state index >= 15 is 0 Å². The number of likely N-dealkylation sites (tertiary alicyclic amines) is 1. The molecule has 9 nitrogen and oxygen atoms in total. The van der Waals surface area contributed by atoms with Crippen molar-refractivity contribution >= 4 is 20.9 Å². The maximum atomic E-state index is 11.7. The molecule has 2 aromatic heterocycles. The van der Waals surface area contributed by atoms with Gasteiger partial charge in [0, 0.05) is 25.9 Å². The highest BCUT2D eigenvalue weighted by atomic mass is 32.2. The van der Waals surface area contributed by atoms with Gasteiger partial charge in [0.05, 0.1) is 24.2 Å². The third-order valence-corrected chi connectivity index (χ3v) is 7.42. The Morgan fingerprint density at radius 3 is 2.31 bits per heavy atom. The van der Waals surface area contributed by atoms with Crippen LogP contribution in [0.1, 0.15) is 24.4 Å². The van der Waals surface area contributed by atoms with Crippen LogP contribution in [-0.2, 0) is 16.4 Å². The molecule has 0 spiro atoms. The quantitative estimate of drug-likeness (QED) is 0.383. The Morgan fingerprint density at radius 1 is 0.971 bits per heavy atom. The van der Waals surface area contributed by atoms with Gasteiger partial charge >= 0.3 is 0 Å². The molecule has 0 aliphatic carbocycles. The zero-order valence-corrected chi connectivity index (χ0v) is 20.5. The molecule has 0 bridgehead atoms. The van der Waals surface area contributed by atoms with Crippen LogP contribution in [0.3, 0.4) is 0 Å². The van der Waals surface area contributed by atoms with E-state index in [2.05, 4.69) is 32.1 Å². The summed E-state index contributed by atoms with van der Waals surface area (Å²) in [5.74, 6) is 1.76. The second-order valence-corrected chi connectivity index (χ2v) is 10.7. The maximum Gasteiger partial charge on any atom is 0.233 e. The Labute approximate surface area is 204 Å². The van der Waals surface area contributed by atoms with E-state index < -0.39 is 9.84 Å². The van der Waals surface area contributed by atoms with E-state index in [0.29, 0.717) is 11.6 Å². The van der Waals surface area contributed by atoms with E-state index in [4.69, 9.17) is 9.47 Å². The molecule has 0 N–H and O–H groups in total. The molecule has 10 heteroatoms. The summed E-state index contributed by atoms with van der Waals surface area (Å²) in [7, 11) is -1.59.